The van der Waals surface area contributed by atoms with Crippen molar-refractivity contribution in [3.63, 3.8) is 0 Å². The van der Waals surface area contributed by atoms with E-state index < -0.39 is 5.82 Å². The van der Waals surface area contributed by atoms with Crippen molar-refractivity contribution in [2.24, 2.45) is 5.41 Å². The summed E-state index contributed by atoms with van der Waals surface area (Å²) >= 11 is 5.73. The first-order valence-corrected chi connectivity index (χ1v) is 8.07. The van der Waals surface area contributed by atoms with Crippen molar-refractivity contribution in [1.29, 1.82) is 0 Å². The summed E-state index contributed by atoms with van der Waals surface area (Å²) in [5, 5.41) is 13.0. The molecule has 120 valence electrons. The number of nitrogens with one attached hydrogen (secondary N) is 1. The van der Waals surface area contributed by atoms with Gasteiger partial charge in [-0.15, -0.1) is 0 Å². The monoisotopic (exact) mass is 326 g/mol. The maximum Gasteiger partial charge on any atom is 0.321 e. The van der Waals surface area contributed by atoms with Gasteiger partial charge < -0.3 is 15.3 Å². The van der Waals surface area contributed by atoms with E-state index >= 15 is 0 Å². The average molecular weight is 327 g/mol. The molecule has 2 aliphatic rings. The van der Waals surface area contributed by atoms with Gasteiger partial charge in [-0.05, 0) is 43.9 Å². The van der Waals surface area contributed by atoms with Crippen LogP contribution in [0.25, 0.3) is 0 Å². The van der Waals surface area contributed by atoms with Gasteiger partial charge in [0.05, 0.1) is 11.1 Å². The summed E-state index contributed by atoms with van der Waals surface area (Å²) in [5.41, 5.74) is 0.332. The standard InChI is InChI=1S/C16H20ClFN2O2/c17-12-9-11(4-5-13(12)18)19-15(22)20-8-2-7-16(10-20)6-1-3-14(16)21/h4-5,9,14,21H,1-3,6-8,10H2,(H,19,22)/t14-,16-/m1/s1. The molecule has 1 aliphatic heterocycles. The fraction of sp³-hybridized carbons (Fsp3) is 0.562. The third-order valence-electron chi connectivity index (χ3n) is 4.93. The molecule has 3 rings (SSSR count). The second kappa shape index (κ2) is 6.05. The molecular formula is C16H20ClFN2O2. The number of amides is 2. The molecule has 4 nitrogen and oxygen atoms in total. The molecule has 2 amide bonds. The Morgan fingerprint density at radius 3 is 2.86 bits per heavy atom. The predicted molar refractivity (Wildman–Crippen MR) is 83.5 cm³/mol. The Hall–Kier alpha value is -1.33. The van der Waals surface area contributed by atoms with Gasteiger partial charge in [0.25, 0.3) is 0 Å². The summed E-state index contributed by atoms with van der Waals surface area (Å²) in [6.07, 6.45) is 4.37. The minimum absolute atomic E-state index is 0.0147. The molecule has 1 saturated carbocycles. The number of carbonyl (C=O) groups is 1. The SMILES string of the molecule is O=C(Nc1ccc(F)c(Cl)c1)N1CCC[C@]2(CCC[C@H]2O)C1. The molecule has 1 spiro atoms. The topological polar surface area (TPSA) is 52.6 Å². The van der Waals surface area contributed by atoms with Crippen LogP contribution in [0.2, 0.25) is 5.02 Å². The Morgan fingerprint density at radius 1 is 1.41 bits per heavy atom. The molecule has 6 heteroatoms. The third-order valence-corrected chi connectivity index (χ3v) is 5.22. The van der Waals surface area contributed by atoms with Crippen molar-refractivity contribution in [2.75, 3.05) is 18.4 Å². The molecule has 1 saturated heterocycles. The van der Waals surface area contributed by atoms with Crippen molar-refractivity contribution in [3.8, 4) is 0 Å². The number of hydrogen-bond acceptors (Lipinski definition) is 2. The second-order valence-corrected chi connectivity index (χ2v) is 6.76. The summed E-state index contributed by atoms with van der Waals surface area (Å²) < 4.78 is 13.2. The highest BCUT2D eigenvalue weighted by molar-refractivity contribution is 6.31. The lowest BCUT2D eigenvalue weighted by molar-refractivity contribution is 0.00400. The van der Waals surface area contributed by atoms with Gasteiger partial charge >= 0.3 is 6.03 Å². The summed E-state index contributed by atoms with van der Waals surface area (Å²) in [5.74, 6) is -0.509. The fourth-order valence-electron chi connectivity index (χ4n) is 3.71. The van der Waals surface area contributed by atoms with Crippen LogP contribution in [0.15, 0.2) is 18.2 Å². The normalized spacial score (nSPS) is 28.1. The highest BCUT2D eigenvalue weighted by atomic mass is 35.5. The van der Waals surface area contributed by atoms with E-state index in [1.165, 1.54) is 18.2 Å². The number of benzene rings is 1. The number of rotatable bonds is 1. The molecule has 0 radical (unpaired) electrons. The van der Waals surface area contributed by atoms with E-state index in [-0.39, 0.29) is 22.6 Å². The van der Waals surface area contributed by atoms with Crippen LogP contribution in [0.4, 0.5) is 14.9 Å². The van der Waals surface area contributed by atoms with Crippen molar-refractivity contribution < 1.29 is 14.3 Å². The van der Waals surface area contributed by atoms with Crippen LogP contribution in [0.3, 0.4) is 0 Å². The molecule has 0 unspecified atom stereocenters. The van der Waals surface area contributed by atoms with E-state index in [9.17, 15) is 14.3 Å². The summed E-state index contributed by atoms with van der Waals surface area (Å²) in [7, 11) is 0. The zero-order valence-electron chi connectivity index (χ0n) is 12.3. The number of aliphatic hydroxyl groups is 1. The van der Waals surface area contributed by atoms with E-state index in [2.05, 4.69) is 5.32 Å². The molecule has 2 atom stereocenters. The van der Waals surface area contributed by atoms with Crippen molar-refractivity contribution >= 4 is 23.3 Å². The van der Waals surface area contributed by atoms with Crippen molar-refractivity contribution in [3.05, 3.63) is 29.0 Å². The quantitative estimate of drug-likeness (QED) is 0.828. The maximum absolute atomic E-state index is 13.2. The molecule has 1 aromatic carbocycles. The van der Waals surface area contributed by atoms with Crippen LogP contribution in [0.5, 0.6) is 0 Å². The molecule has 0 aromatic heterocycles. The van der Waals surface area contributed by atoms with E-state index in [1.807, 2.05) is 0 Å². The zero-order chi connectivity index (χ0) is 15.7. The van der Waals surface area contributed by atoms with Crippen LogP contribution < -0.4 is 5.32 Å². The van der Waals surface area contributed by atoms with Crippen molar-refractivity contribution in [2.45, 2.75) is 38.2 Å². The molecule has 22 heavy (non-hydrogen) atoms. The number of likely N-dealkylation sites (tertiary alicyclic amines) is 1. The highest BCUT2D eigenvalue weighted by Gasteiger charge is 2.45. The van der Waals surface area contributed by atoms with E-state index in [1.54, 1.807) is 4.90 Å². The molecule has 0 bridgehead atoms. The van der Waals surface area contributed by atoms with Crippen LogP contribution in [0.1, 0.15) is 32.1 Å². The number of piperidine rings is 1. The van der Waals surface area contributed by atoms with Crippen LogP contribution in [-0.2, 0) is 0 Å². The number of carbonyl (C=O) groups excluding carboxylic acids is 1. The number of aliphatic hydroxyl groups excluding tert-OH is 1. The Labute approximate surface area is 134 Å². The lowest BCUT2D eigenvalue weighted by atomic mass is 9.77. The summed E-state index contributed by atoms with van der Waals surface area (Å²) in [6, 6.07) is 3.90. The van der Waals surface area contributed by atoms with Crippen LogP contribution >= 0.6 is 11.6 Å². The molecule has 1 aromatic rings. The molecule has 1 aliphatic carbocycles. The first-order valence-electron chi connectivity index (χ1n) is 7.69. The van der Waals surface area contributed by atoms with Gasteiger partial charge in [0, 0.05) is 24.2 Å². The van der Waals surface area contributed by atoms with Gasteiger partial charge in [-0.2, -0.15) is 0 Å². The molecule has 2 fully saturated rings. The Kier molecular flexibility index (Phi) is 4.28. The summed E-state index contributed by atoms with van der Waals surface area (Å²) in [4.78, 5) is 14.2. The zero-order valence-corrected chi connectivity index (χ0v) is 13.1. The average Bonchev–Trinajstić information content (AvgIpc) is 2.83. The minimum Gasteiger partial charge on any atom is -0.392 e. The predicted octanol–water partition coefficient (Wildman–Crippen LogP) is 3.64. The van der Waals surface area contributed by atoms with Gasteiger partial charge in [0.15, 0.2) is 0 Å². The maximum atomic E-state index is 13.2. The highest BCUT2D eigenvalue weighted by Crippen LogP contribution is 2.45. The first kappa shape index (κ1) is 15.6. The lowest BCUT2D eigenvalue weighted by Crippen LogP contribution is -2.50. The smallest absolute Gasteiger partial charge is 0.321 e. The van der Waals surface area contributed by atoms with Gasteiger partial charge in [-0.25, -0.2) is 9.18 Å². The van der Waals surface area contributed by atoms with Gasteiger partial charge in [0.1, 0.15) is 5.82 Å². The minimum atomic E-state index is -0.509. The fourth-order valence-corrected chi connectivity index (χ4v) is 3.89. The van der Waals surface area contributed by atoms with Gasteiger partial charge in [-0.1, -0.05) is 18.0 Å². The number of halogens is 2. The van der Waals surface area contributed by atoms with Crippen LogP contribution in [-0.4, -0.2) is 35.2 Å². The number of nitrogens with zero attached hydrogens (tertiary/aromatic N) is 1. The summed E-state index contributed by atoms with van der Waals surface area (Å²) in [6.45, 7) is 1.25. The third kappa shape index (κ3) is 2.92. The number of hydrogen-bond donors (Lipinski definition) is 2. The number of urea groups is 1. The number of anilines is 1. The van der Waals surface area contributed by atoms with Gasteiger partial charge in [0.2, 0.25) is 0 Å². The first-order chi connectivity index (χ1) is 10.5. The Balaban J connectivity index is 1.68. The van der Waals surface area contributed by atoms with Crippen LogP contribution in [0, 0.1) is 11.2 Å². The molecular weight excluding hydrogens is 307 g/mol. The largest absolute Gasteiger partial charge is 0.392 e. The van der Waals surface area contributed by atoms with E-state index in [0.29, 0.717) is 18.8 Å². The second-order valence-electron chi connectivity index (χ2n) is 6.35. The Bertz CT molecular complexity index is 583. The molecule has 2 N–H and O–H groups in total. The molecule has 1 heterocycles. The van der Waals surface area contributed by atoms with E-state index in [4.69, 9.17) is 11.6 Å². The Morgan fingerprint density at radius 2 is 2.18 bits per heavy atom. The van der Waals surface area contributed by atoms with Crippen molar-refractivity contribution in [1.82, 2.24) is 4.90 Å². The lowest BCUT2D eigenvalue weighted by Gasteiger charge is -2.42. The van der Waals surface area contributed by atoms with Gasteiger partial charge in [-0.3, -0.25) is 0 Å². The van der Waals surface area contributed by atoms with E-state index in [0.717, 1.165) is 32.1 Å².